The van der Waals surface area contributed by atoms with Crippen LogP contribution in [-0.4, -0.2) is 31.2 Å². The van der Waals surface area contributed by atoms with Gasteiger partial charge in [0.15, 0.2) is 0 Å². The fraction of sp³-hybridized carbons (Fsp3) is 0.389. The first kappa shape index (κ1) is 12.8. The summed E-state index contributed by atoms with van der Waals surface area (Å²) in [5, 5.41) is 3.44. The van der Waals surface area contributed by atoms with E-state index in [-0.39, 0.29) is 0 Å². The predicted molar refractivity (Wildman–Crippen MR) is 85.9 cm³/mol. The molecule has 2 aliphatic heterocycles. The molecule has 1 aromatic heterocycles. The minimum absolute atomic E-state index is 0.636. The van der Waals surface area contributed by atoms with Crippen molar-refractivity contribution in [1.29, 1.82) is 0 Å². The maximum absolute atomic E-state index is 4.22. The average Bonchev–Trinajstić information content (AvgIpc) is 3.02. The maximum Gasteiger partial charge on any atom is 0.0366 e. The number of pyridine rings is 1. The molecule has 1 atom stereocenters. The molecule has 0 spiro atoms. The summed E-state index contributed by atoms with van der Waals surface area (Å²) >= 11 is 0. The first-order valence-electron chi connectivity index (χ1n) is 7.86. The number of nitrogens with zero attached hydrogens (tertiary/aromatic N) is 2. The van der Waals surface area contributed by atoms with Crippen molar-refractivity contribution < 1.29 is 0 Å². The van der Waals surface area contributed by atoms with Crippen LogP contribution in [0.15, 0.2) is 48.8 Å². The Hall–Kier alpha value is -1.87. The molecule has 2 saturated heterocycles. The molecule has 2 fully saturated rings. The van der Waals surface area contributed by atoms with E-state index in [0.717, 1.165) is 26.2 Å². The third kappa shape index (κ3) is 2.54. The lowest BCUT2D eigenvalue weighted by atomic mass is 9.91. The number of rotatable bonds is 3. The van der Waals surface area contributed by atoms with E-state index in [1.54, 1.807) is 0 Å². The van der Waals surface area contributed by atoms with E-state index in [2.05, 4.69) is 45.5 Å². The molecule has 0 aliphatic carbocycles. The zero-order chi connectivity index (χ0) is 14.1. The molecule has 0 saturated carbocycles. The summed E-state index contributed by atoms with van der Waals surface area (Å²) in [4.78, 5) is 6.67. The molecular weight excluding hydrogens is 258 g/mol. The average molecular weight is 279 g/mol. The van der Waals surface area contributed by atoms with Crippen molar-refractivity contribution >= 4 is 5.69 Å². The second-order valence-electron chi connectivity index (χ2n) is 6.17. The zero-order valence-corrected chi connectivity index (χ0v) is 12.2. The number of anilines is 1. The number of hydrogen-bond donors (Lipinski definition) is 1. The van der Waals surface area contributed by atoms with Crippen LogP contribution < -0.4 is 10.2 Å². The highest BCUT2D eigenvalue weighted by Crippen LogP contribution is 2.32. The second-order valence-corrected chi connectivity index (χ2v) is 6.17. The minimum atomic E-state index is 0.636. The van der Waals surface area contributed by atoms with E-state index in [1.165, 1.54) is 23.2 Å². The Morgan fingerprint density at radius 3 is 2.52 bits per heavy atom. The number of nitrogens with one attached hydrogen (secondary N) is 1. The van der Waals surface area contributed by atoms with Crippen molar-refractivity contribution in [3.05, 3.63) is 59.9 Å². The van der Waals surface area contributed by atoms with Crippen molar-refractivity contribution in [2.45, 2.75) is 18.3 Å². The summed E-state index contributed by atoms with van der Waals surface area (Å²) < 4.78 is 0. The zero-order valence-electron chi connectivity index (χ0n) is 12.2. The van der Waals surface area contributed by atoms with Crippen molar-refractivity contribution in [2.24, 2.45) is 0 Å². The summed E-state index contributed by atoms with van der Waals surface area (Å²) in [7, 11) is 0. The van der Waals surface area contributed by atoms with Gasteiger partial charge in [0, 0.05) is 43.6 Å². The molecule has 4 rings (SSSR count). The van der Waals surface area contributed by atoms with Crippen LogP contribution in [0.25, 0.3) is 0 Å². The number of aromatic nitrogens is 1. The summed E-state index contributed by atoms with van der Waals surface area (Å²) in [6.07, 6.45) is 5.11. The van der Waals surface area contributed by atoms with Crippen LogP contribution in [0.3, 0.4) is 0 Å². The van der Waals surface area contributed by atoms with Crippen molar-refractivity contribution in [3.63, 3.8) is 0 Å². The smallest absolute Gasteiger partial charge is 0.0366 e. The molecule has 21 heavy (non-hydrogen) atoms. The van der Waals surface area contributed by atoms with Gasteiger partial charge in [0.1, 0.15) is 0 Å². The monoisotopic (exact) mass is 279 g/mol. The van der Waals surface area contributed by atoms with Gasteiger partial charge < -0.3 is 10.2 Å². The predicted octanol–water partition coefficient (Wildman–Crippen LogP) is 2.76. The molecule has 3 heteroatoms. The molecule has 1 aromatic carbocycles. The topological polar surface area (TPSA) is 28.2 Å². The van der Waals surface area contributed by atoms with Crippen LogP contribution in [0.1, 0.15) is 29.4 Å². The lowest BCUT2D eigenvalue weighted by Gasteiger charge is -2.41. The van der Waals surface area contributed by atoms with Gasteiger partial charge in [-0.25, -0.2) is 0 Å². The fourth-order valence-corrected chi connectivity index (χ4v) is 3.41. The van der Waals surface area contributed by atoms with Gasteiger partial charge in [0.25, 0.3) is 0 Å². The van der Waals surface area contributed by atoms with Crippen LogP contribution in [0, 0.1) is 0 Å². The number of benzene rings is 1. The second kappa shape index (κ2) is 5.49. The van der Waals surface area contributed by atoms with Crippen LogP contribution in [0.4, 0.5) is 5.69 Å². The van der Waals surface area contributed by atoms with Gasteiger partial charge in [0.05, 0.1) is 0 Å². The molecule has 3 heterocycles. The van der Waals surface area contributed by atoms with Crippen LogP contribution in [0.2, 0.25) is 0 Å². The standard InChI is InChI=1S/C18H21N3/c1-2-15(10-19-8-1)17-12-21(13-17)18-5-3-14(4-6-18)16-7-9-20-11-16/h1-6,8,10,16-17,20H,7,9,11-13H2. The third-order valence-electron chi connectivity index (χ3n) is 4.83. The Balaban J connectivity index is 1.40. The van der Waals surface area contributed by atoms with E-state index < -0.39 is 0 Å². The molecule has 0 amide bonds. The van der Waals surface area contributed by atoms with Gasteiger partial charge in [-0.05, 0) is 48.2 Å². The number of hydrogen-bond acceptors (Lipinski definition) is 3. The maximum atomic E-state index is 4.22. The van der Waals surface area contributed by atoms with Crippen LogP contribution in [0.5, 0.6) is 0 Å². The van der Waals surface area contributed by atoms with E-state index in [4.69, 9.17) is 0 Å². The molecule has 0 radical (unpaired) electrons. The van der Waals surface area contributed by atoms with E-state index in [1.807, 2.05) is 18.5 Å². The highest BCUT2D eigenvalue weighted by atomic mass is 15.2. The van der Waals surface area contributed by atoms with Crippen LogP contribution in [-0.2, 0) is 0 Å². The molecule has 2 aliphatic rings. The molecule has 3 nitrogen and oxygen atoms in total. The lowest BCUT2D eigenvalue weighted by Crippen LogP contribution is -2.45. The fourth-order valence-electron chi connectivity index (χ4n) is 3.41. The first-order valence-corrected chi connectivity index (χ1v) is 7.86. The van der Waals surface area contributed by atoms with Crippen molar-refractivity contribution in [3.8, 4) is 0 Å². The molecule has 2 aromatic rings. The molecular formula is C18H21N3. The Morgan fingerprint density at radius 2 is 1.86 bits per heavy atom. The van der Waals surface area contributed by atoms with Crippen molar-refractivity contribution in [1.82, 2.24) is 10.3 Å². The van der Waals surface area contributed by atoms with E-state index >= 15 is 0 Å². The largest absolute Gasteiger partial charge is 0.370 e. The van der Waals surface area contributed by atoms with E-state index in [9.17, 15) is 0 Å². The normalized spacial score (nSPS) is 22.3. The van der Waals surface area contributed by atoms with Gasteiger partial charge in [-0.15, -0.1) is 0 Å². The van der Waals surface area contributed by atoms with Gasteiger partial charge in [0.2, 0.25) is 0 Å². The Morgan fingerprint density at radius 1 is 1.00 bits per heavy atom. The molecule has 108 valence electrons. The molecule has 0 bridgehead atoms. The van der Waals surface area contributed by atoms with Gasteiger partial charge in [-0.3, -0.25) is 4.98 Å². The Labute approximate surface area is 126 Å². The minimum Gasteiger partial charge on any atom is -0.370 e. The summed E-state index contributed by atoms with van der Waals surface area (Å²) in [6.45, 7) is 4.50. The van der Waals surface area contributed by atoms with Gasteiger partial charge in [-0.1, -0.05) is 18.2 Å². The van der Waals surface area contributed by atoms with Crippen LogP contribution >= 0.6 is 0 Å². The Kier molecular flexibility index (Phi) is 3.36. The highest BCUT2D eigenvalue weighted by molar-refractivity contribution is 5.52. The van der Waals surface area contributed by atoms with Gasteiger partial charge >= 0.3 is 0 Å². The van der Waals surface area contributed by atoms with E-state index in [0.29, 0.717) is 11.8 Å². The molecule has 1 unspecified atom stereocenters. The quantitative estimate of drug-likeness (QED) is 0.936. The van der Waals surface area contributed by atoms with Gasteiger partial charge in [-0.2, -0.15) is 0 Å². The highest BCUT2D eigenvalue weighted by Gasteiger charge is 2.28. The first-order chi connectivity index (χ1) is 10.4. The summed E-state index contributed by atoms with van der Waals surface area (Å²) in [6, 6.07) is 13.4. The summed E-state index contributed by atoms with van der Waals surface area (Å²) in [5.74, 6) is 1.34. The third-order valence-corrected chi connectivity index (χ3v) is 4.83. The SMILES string of the molecule is c1cncc(C2CN(c3ccc(C4CCNC4)cc3)C2)c1. The lowest BCUT2D eigenvalue weighted by molar-refractivity contribution is 0.524. The molecule has 1 N–H and O–H groups in total. The van der Waals surface area contributed by atoms with Crippen molar-refractivity contribution in [2.75, 3.05) is 31.1 Å². The summed E-state index contributed by atoms with van der Waals surface area (Å²) in [5.41, 5.74) is 4.19. The Bertz CT molecular complexity index is 582.